The monoisotopic (exact) mass is 271 g/mol. The van der Waals surface area contributed by atoms with E-state index in [1.54, 1.807) is 0 Å². The Bertz CT molecular complexity index is 577. The van der Waals surface area contributed by atoms with E-state index in [2.05, 4.69) is 50.6 Å². The summed E-state index contributed by atoms with van der Waals surface area (Å²) in [4.78, 5) is 6.76. The summed E-state index contributed by atoms with van der Waals surface area (Å²) >= 11 is 0. The van der Waals surface area contributed by atoms with Gasteiger partial charge in [-0.1, -0.05) is 12.1 Å². The van der Waals surface area contributed by atoms with E-state index in [4.69, 9.17) is 0 Å². The summed E-state index contributed by atoms with van der Waals surface area (Å²) in [6, 6.07) is 8.85. The molecular formula is C15H21N5. The van der Waals surface area contributed by atoms with E-state index >= 15 is 0 Å². The Kier molecular flexibility index (Phi) is 3.69. The van der Waals surface area contributed by atoms with Crippen molar-refractivity contribution >= 4 is 5.69 Å². The third-order valence-electron chi connectivity index (χ3n) is 3.71. The van der Waals surface area contributed by atoms with E-state index in [-0.39, 0.29) is 0 Å². The van der Waals surface area contributed by atoms with Gasteiger partial charge in [0.2, 0.25) is 0 Å². The molecule has 106 valence electrons. The van der Waals surface area contributed by atoms with Gasteiger partial charge >= 0.3 is 0 Å². The smallest absolute Gasteiger partial charge is 0.181 e. The minimum atomic E-state index is 0.526. The van der Waals surface area contributed by atoms with Crippen LogP contribution < -0.4 is 5.32 Å². The first-order valence-electron chi connectivity index (χ1n) is 7.15. The molecule has 1 unspecified atom stereocenters. The minimum Gasteiger partial charge on any atom is -0.381 e. The van der Waals surface area contributed by atoms with Crippen LogP contribution in [0.5, 0.6) is 0 Å². The lowest BCUT2D eigenvalue weighted by molar-refractivity contribution is 0.261. The van der Waals surface area contributed by atoms with Crippen LogP contribution in [0.25, 0.3) is 11.4 Å². The highest BCUT2D eigenvalue weighted by Crippen LogP contribution is 2.21. The third-order valence-corrected chi connectivity index (χ3v) is 3.71. The molecule has 0 bridgehead atoms. The number of likely N-dealkylation sites (N-methyl/N-ethyl adjacent to an activating group) is 1. The van der Waals surface area contributed by atoms with Crippen molar-refractivity contribution < 1.29 is 0 Å². The van der Waals surface area contributed by atoms with Crippen LogP contribution in [0.3, 0.4) is 0 Å². The van der Waals surface area contributed by atoms with Gasteiger partial charge in [-0.3, -0.25) is 5.10 Å². The molecule has 1 aromatic heterocycles. The van der Waals surface area contributed by atoms with Gasteiger partial charge in [-0.25, -0.2) is 4.98 Å². The number of hydrogen-bond donors (Lipinski definition) is 2. The van der Waals surface area contributed by atoms with E-state index in [9.17, 15) is 0 Å². The number of H-pyrrole nitrogens is 1. The molecule has 5 nitrogen and oxygen atoms in total. The number of benzene rings is 1. The summed E-state index contributed by atoms with van der Waals surface area (Å²) < 4.78 is 0. The maximum absolute atomic E-state index is 4.38. The molecule has 2 heterocycles. The Morgan fingerprint density at radius 1 is 1.40 bits per heavy atom. The normalized spacial score (nSPS) is 20.0. The average molecular weight is 271 g/mol. The van der Waals surface area contributed by atoms with E-state index in [1.165, 1.54) is 19.4 Å². The lowest BCUT2D eigenvalue weighted by atomic mass is 10.1. The summed E-state index contributed by atoms with van der Waals surface area (Å²) in [6.45, 7) is 4.22. The molecule has 1 atom stereocenters. The van der Waals surface area contributed by atoms with Crippen LogP contribution in [0.15, 0.2) is 24.3 Å². The van der Waals surface area contributed by atoms with Crippen molar-refractivity contribution in [3.05, 3.63) is 30.1 Å². The zero-order chi connectivity index (χ0) is 13.9. The summed E-state index contributed by atoms with van der Waals surface area (Å²) in [5, 5.41) is 10.7. The number of aromatic nitrogens is 3. The van der Waals surface area contributed by atoms with Gasteiger partial charge in [0.25, 0.3) is 0 Å². The Balaban J connectivity index is 1.74. The first kappa shape index (κ1) is 13.1. The van der Waals surface area contributed by atoms with Gasteiger partial charge < -0.3 is 10.2 Å². The molecule has 1 fully saturated rings. The quantitative estimate of drug-likeness (QED) is 0.899. The highest BCUT2D eigenvalue weighted by atomic mass is 15.2. The number of aromatic amines is 1. The van der Waals surface area contributed by atoms with Crippen LogP contribution in [0.1, 0.15) is 18.7 Å². The largest absolute Gasteiger partial charge is 0.381 e. The van der Waals surface area contributed by atoms with Gasteiger partial charge in [-0.2, -0.15) is 5.10 Å². The van der Waals surface area contributed by atoms with Crippen LogP contribution >= 0.6 is 0 Å². The summed E-state index contributed by atoms with van der Waals surface area (Å²) in [5.41, 5.74) is 2.19. The summed E-state index contributed by atoms with van der Waals surface area (Å²) in [5.74, 6) is 1.60. The average Bonchev–Trinajstić information content (AvgIpc) is 2.86. The molecule has 1 saturated heterocycles. The van der Waals surface area contributed by atoms with E-state index in [0.29, 0.717) is 6.04 Å². The lowest BCUT2D eigenvalue weighted by Gasteiger charge is -2.30. The van der Waals surface area contributed by atoms with Crippen molar-refractivity contribution in [2.45, 2.75) is 25.8 Å². The molecule has 0 radical (unpaired) electrons. The second-order valence-corrected chi connectivity index (χ2v) is 5.57. The van der Waals surface area contributed by atoms with E-state index < -0.39 is 0 Å². The molecule has 2 aromatic rings. The Morgan fingerprint density at radius 3 is 3.05 bits per heavy atom. The SMILES string of the molecule is Cc1nc(-c2cccc(NC3CCCN(C)C3)c2)n[nH]1. The van der Waals surface area contributed by atoms with Gasteiger partial charge in [-0.15, -0.1) is 0 Å². The predicted molar refractivity (Wildman–Crippen MR) is 80.7 cm³/mol. The molecule has 5 heteroatoms. The Morgan fingerprint density at radius 2 is 2.30 bits per heavy atom. The van der Waals surface area contributed by atoms with Gasteiger partial charge in [0, 0.05) is 23.8 Å². The molecule has 1 aromatic carbocycles. The fourth-order valence-electron chi connectivity index (χ4n) is 2.74. The van der Waals surface area contributed by atoms with E-state index in [1.807, 2.05) is 13.0 Å². The molecule has 3 rings (SSSR count). The van der Waals surface area contributed by atoms with Gasteiger partial charge in [-0.05, 0) is 45.5 Å². The zero-order valence-electron chi connectivity index (χ0n) is 12.1. The summed E-state index contributed by atoms with van der Waals surface area (Å²) in [6.07, 6.45) is 2.49. The molecule has 1 aliphatic rings. The second kappa shape index (κ2) is 5.63. The van der Waals surface area contributed by atoms with Crippen molar-refractivity contribution in [1.29, 1.82) is 0 Å². The Labute approximate surface area is 119 Å². The predicted octanol–water partition coefficient (Wildman–Crippen LogP) is 2.29. The van der Waals surface area contributed by atoms with Crippen molar-refractivity contribution in [3.8, 4) is 11.4 Å². The number of aryl methyl sites for hydroxylation is 1. The van der Waals surface area contributed by atoms with Crippen molar-refractivity contribution in [1.82, 2.24) is 20.1 Å². The first-order chi connectivity index (χ1) is 9.70. The van der Waals surface area contributed by atoms with Crippen LogP contribution in [0.4, 0.5) is 5.69 Å². The highest BCUT2D eigenvalue weighted by Gasteiger charge is 2.16. The van der Waals surface area contributed by atoms with Gasteiger partial charge in [0.05, 0.1) is 0 Å². The van der Waals surface area contributed by atoms with E-state index in [0.717, 1.165) is 29.4 Å². The van der Waals surface area contributed by atoms with Crippen LogP contribution in [-0.4, -0.2) is 46.3 Å². The Hall–Kier alpha value is -1.88. The number of rotatable bonds is 3. The lowest BCUT2D eigenvalue weighted by Crippen LogP contribution is -2.39. The van der Waals surface area contributed by atoms with Crippen LogP contribution in [-0.2, 0) is 0 Å². The maximum atomic E-state index is 4.38. The topological polar surface area (TPSA) is 56.8 Å². The van der Waals surface area contributed by atoms with Crippen molar-refractivity contribution in [3.63, 3.8) is 0 Å². The summed E-state index contributed by atoms with van der Waals surface area (Å²) in [7, 11) is 2.18. The van der Waals surface area contributed by atoms with Gasteiger partial charge in [0.1, 0.15) is 5.82 Å². The number of hydrogen-bond acceptors (Lipinski definition) is 4. The first-order valence-corrected chi connectivity index (χ1v) is 7.15. The van der Waals surface area contributed by atoms with Gasteiger partial charge in [0.15, 0.2) is 5.82 Å². The number of likely N-dealkylation sites (tertiary alicyclic amines) is 1. The molecule has 20 heavy (non-hydrogen) atoms. The van der Waals surface area contributed by atoms with Crippen molar-refractivity contribution in [2.24, 2.45) is 0 Å². The minimum absolute atomic E-state index is 0.526. The fourth-order valence-corrected chi connectivity index (χ4v) is 2.74. The molecule has 0 spiro atoms. The molecule has 0 aliphatic carbocycles. The molecule has 0 amide bonds. The standard InChI is InChI=1S/C15H21N5/c1-11-16-15(19-18-11)12-5-3-6-13(9-12)17-14-7-4-8-20(2)10-14/h3,5-6,9,14,17H,4,7-8,10H2,1-2H3,(H,16,18,19). The highest BCUT2D eigenvalue weighted by molar-refractivity contribution is 5.62. The molecule has 0 saturated carbocycles. The number of anilines is 1. The van der Waals surface area contributed by atoms with Crippen molar-refractivity contribution in [2.75, 3.05) is 25.5 Å². The molecular weight excluding hydrogens is 250 g/mol. The molecule has 1 aliphatic heterocycles. The zero-order valence-corrected chi connectivity index (χ0v) is 12.1. The number of nitrogens with one attached hydrogen (secondary N) is 2. The number of piperidine rings is 1. The molecule has 2 N–H and O–H groups in total. The number of nitrogens with zero attached hydrogens (tertiary/aromatic N) is 3. The fraction of sp³-hybridized carbons (Fsp3) is 0.467. The van der Waals surface area contributed by atoms with Crippen LogP contribution in [0, 0.1) is 6.92 Å². The third kappa shape index (κ3) is 2.99. The second-order valence-electron chi connectivity index (χ2n) is 5.57. The van der Waals surface area contributed by atoms with Crippen LogP contribution in [0.2, 0.25) is 0 Å². The maximum Gasteiger partial charge on any atom is 0.181 e.